The number of benzene rings is 2. The molecule has 2 amide bonds. The molecular weight excluding hydrogens is 370 g/mol. The van der Waals surface area contributed by atoms with Gasteiger partial charge in [0, 0.05) is 32.6 Å². The Hall–Kier alpha value is -3.06. The Kier molecular flexibility index (Phi) is 5.40. The van der Waals surface area contributed by atoms with Gasteiger partial charge in [-0.15, -0.1) is 0 Å². The number of ether oxygens (including phenoxy) is 1. The lowest BCUT2D eigenvalue weighted by Crippen LogP contribution is -2.69. The molecule has 2 aliphatic heterocycles. The number of fused-ring (bicyclic) bond motifs is 1. The normalized spacial score (nSPS) is 22.2. The van der Waals surface area contributed by atoms with E-state index >= 15 is 0 Å². The molecular formula is C22H25N3O4. The number of carbonyl (C=O) groups is 2. The van der Waals surface area contributed by atoms with E-state index in [1.807, 2.05) is 24.3 Å². The third-order valence-electron chi connectivity index (χ3n) is 5.61. The molecule has 0 saturated carbocycles. The Balaban J connectivity index is 1.39. The maximum absolute atomic E-state index is 12.9. The lowest BCUT2D eigenvalue weighted by atomic mass is 9.98. The molecule has 0 unspecified atom stereocenters. The van der Waals surface area contributed by atoms with Gasteiger partial charge in [-0.05, 0) is 35.4 Å². The molecule has 2 atom stereocenters. The van der Waals surface area contributed by atoms with Crippen LogP contribution >= 0.6 is 0 Å². The van der Waals surface area contributed by atoms with Gasteiger partial charge in [0.05, 0.1) is 7.11 Å². The van der Waals surface area contributed by atoms with Crippen LogP contribution in [0.25, 0.3) is 0 Å². The van der Waals surface area contributed by atoms with E-state index in [9.17, 15) is 14.7 Å². The smallest absolute Gasteiger partial charge is 0.246 e. The van der Waals surface area contributed by atoms with Crippen molar-refractivity contribution in [2.75, 3.05) is 26.7 Å². The number of hydrogen-bond acceptors (Lipinski definition) is 5. The highest BCUT2D eigenvalue weighted by molar-refractivity contribution is 5.97. The SMILES string of the molecule is COc1ccc(CN2CCN3C(=O)[C@@H](Cc4ccc(O)cc4)NC(=O)[C@H]3C2)cc1. The zero-order valence-corrected chi connectivity index (χ0v) is 16.4. The van der Waals surface area contributed by atoms with E-state index in [4.69, 9.17) is 4.74 Å². The highest BCUT2D eigenvalue weighted by atomic mass is 16.5. The Morgan fingerprint density at radius 3 is 2.41 bits per heavy atom. The Morgan fingerprint density at radius 1 is 1.03 bits per heavy atom. The van der Waals surface area contributed by atoms with Gasteiger partial charge in [0.2, 0.25) is 11.8 Å². The zero-order chi connectivity index (χ0) is 20.4. The molecule has 7 nitrogen and oxygen atoms in total. The minimum atomic E-state index is -0.559. The van der Waals surface area contributed by atoms with Gasteiger partial charge in [0.25, 0.3) is 0 Å². The predicted molar refractivity (Wildman–Crippen MR) is 108 cm³/mol. The molecule has 2 aromatic carbocycles. The lowest BCUT2D eigenvalue weighted by molar-refractivity contribution is -0.153. The van der Waals surface area contributed by atoms with Crippen molar-refractivity contribution >= 4 is 11.8 Å². The van der Waals surface area contributed by atoms with Crippen molar-refractivity contribution in [2.24, 2.45) is 0 Å². The number of hydrogen-bond donors (Lipinski definition) is 2. The molecule has 4 rings (SSSR count). The summed E-state index contributed by atoms with van der Waals surface area (Å²) in [5.41, 5.74) is 2.05. The van der Waals surface area contributed by atoms with Crippen LogP contribution in [-0.2, 0) is 22.6 Å². The van der Waals surface area contributed by atoms with Gasteiger partial charge in [-0.3, -0.25) is 14.5 Å². The second kappa shape index (κ2) is 8.13. The van der Waals surface area contributed by atoms with Gasteiger partial charge in [-0.2, -0.15) is 0 Å². The fourth-order valence-electron chi connectivity index (χ4n) is 4.00. The first-order valence-corrected chi connectivity index (χ1v) is 9.77. The molecule has 2 heterocycles. The van der Waals surface area contributed by atoms with E-state index in [0.717, 1.165) is 30.0 Å². The quantitative estimate of drug-likeness (QED) is 0.794. The summed E-state index contributed by atoms with van der Waals surface area (Å²) in [4.78, 5) is 29.6. The lowest BCUT2D eigenvalue weighted by Gasteiger charge is -2.45. The standard InChI is InChI=1S/C22H25N3O4/c1-29-18-8-4-16(5-9-18)13-24-10-11-25-20(14-24)21(27)23-19(22(25)28)12-15-2-6-17(26)7-3-15/h2-9,19-20,26H,10-14H2,1H3,(H,23,27)/t19-,20-/m1/s1. The first kappa shape index (κ1) is 19.3. The second-order valence-corrected chi connectivity index (χ2v) is 7.56. The van der Waals surface area contributed by atoms with Gasteiger partial charge in [0.15, 0.2) is 0 Å². The van der Waals surface area contributed by atoms with Gasteiger partial charge in [-0.1, -0.05) is 24.3 Å². The summed E-state index contributed by atoms with van der Waals surface area (Å²) >= 11 is 0. The molecule has 0 aliphatic carbocycles. The first-order valence-electron chi connectivity index (χ1n) is 9.77. The molecule has 2 fully saturated rings. The zero-order valence-electron chi connectivity index (χ0n) is 16.4. The van der Waals surface area contributed by atoms with Crippen molar-refractivity contribution in [3.05, 3.63) is 59.7 Å². The molecule has 2 aromatic rings. The number of carbonyl (C=O) groups excluding carboxylic acids is 2. The van der Waals surface area contributed by atoms with Gasteiger partial charge in [-0.25, -0.2) is 0 Å². The Morgan fingerprint density at radius 2 is 1.72 bits per heavy atom. The van der Waals surface area contributed by atoms with Crippen molar-refractivity contribution in [3.63, 3.8) is 0 Å². The van der Waals surface area contributed by atoms with Crippen LogP contribution in [-0.4, -0.2) is 65.5 Å². The van der Waals surface area contributed by atoms with Crippen molar-refractivity contribution in [2.45, 2.75) is 25.0 Å². The number of phenolic OH excluding ortho intramolecular Hbond substituents is 1. The fraction of sp³-hybridized carbons (Fsp3) is 0.364. The van der Waals surface area contributed by atoms with Crippen LogP contribution in [0.4, 0.5) is 0 Å². The van der Waals surface area contributed by atoms with Crippen LogP contribution in [0, 0.1) is 0 Å². The number of phenols is 1. The van der Waals surface area contributed by atoms with Gasteiger partial charge >= 0.3 is 0 Å². The summed E-state index contributed by atoms with van der Waals surface area (Å²) in [7, 11) is 1.64. The number of rotatable bonds is 5. The highest BCUT2D eigenvalue weighted by Gasteiger charge is 2.43. The highest BCUT2D eigenvalue weighted by Crippen LogP contribution is 2.21. The minimum Gasteiger partial charge on any atom is -0.508 e. The maximum atomic E-state index is 12.9. The molecule has 7 heteroatoms. The van der Waals surface area contributed by atoms with Crippen LogP contribution in [0.2, 0.25) is 0 Å². The summed E-state index contributed by atoms with van der Waals surface area (Å²) in [6, 6.07) is 13.6. The van der Waals surface area contributed by atoms with Crippen LogP contribution in [0.3, 0.4) is 0 Å². The van der Waals surface area contributed by atoms with Gasteiger partial charge < -0.3 is 20.1 Å². The average Bonchev–Trinajstić information content (AvgIpc) is 2.74. The van der Waals surface area contributed by atoms with E-state index in [0.29, 0.717) is 19.5 Å². The summed E-state index contributed by atoms with van der Waals surface area (Å²) in [6.45, 7) is 2.52. The summed E-state index contributed by atoms with van der Waals surface area (Å²) in [5, 5.41) is 12.3. The number of aromatic hydroxyl groups is 1. The largest absolute Gasteiger partial charge is 0.508 e. The number of methoxy groups -OCH3 is 1. The van der Waals surface area contributed by atoms with E-state index in [1.165, 1.54) is 0 Å². The van der Waals surface area contributed by atoms with E-state index in [2.05, 4.69) is 10.2 Å². The molecule has 0 aromatic heterocycles. The van der Waals surface area contributed by atoms with Crippen LogP contribution in [0.5, 0.6) is 11.5 Å². The molecule has 2 N–H and O–H groups in total. The van der Waals surface area contributed by atoms with E-state index in [-0.39, 0.29) is 17.6 Å². The molecule has 0 bridgehead atoms. The molecule has 0 spiro atoms. The number of amides is 2. The van der Waals surface area contributed by atoms with Crippen molar-refractivity contribution in [1.29, 1.82) is 0 Å². The molecule has 0 radical (unpaired) electrons. The maximum Gasteiger partial charge on any atom is 0.246 e. The first-order chi connectivity index (χ1) is 14.0. The van der Waals surface area contributed by atoms with E-state index in [1.54, 1.807) is 36.3 Å². The number of nitrogens with zero attached hydrogens (tertiary/aromatic N) is 2. The summed E-state index contributed by atoms with van der Waals surface area (Å²) < 4.78 is 5.19. The van der Waals surface area contributed by atoms with Crippen LogP contribution in [0.15, 0.2) is 48.5 Å². The van der Waals surface area contributed by atoms with Crippen molar-refractivity contribution in [1.82, 2.24) is 15.1 Å². The topological polar surface area (TPSA) is 82.1 Å². The molecule has 2 aliphatic rings. The minimum absolute atomic E-state index is 0.0354. The second-order valence-electron chi connectivity index (χ2n) is 7.56. The predicted octanol–water partition coefficient (Wildman–Crippen LogP) is 1.15. The molecule has 29 heavy (non-hydrogen) atoms. The number of nitrogens with one attached hydrogen (secondary N) is 1. The summed E-state index contributed by atoms with van der Waals surface area (Å²) in [6.07, 6.45) is 0.420. The average molecular weight is 395 g/mol. The molecule has 2 saturated heterocycles. The van der Waals surface area contributed by atoms with Crippen molar-refractivity contribution < 1.29 is 19.4 Å². The van der Waals surface area contributed by atoms with Crippen LogP contribution in [0.1, 0.15) is 11.1 Å². The third-order valence-corrected chi connectivity index (χ3v) is 5.61. The van der Waals surface area contributed by atoms with Gasteiger partial charge in [0.1, 0.15) is 23.6 Å². The van der Waals surface area contributed by atoms with E-state index < -0.39 is 12.1 Å². The Labute approximate surface area is 169 Å². The monoisotopic (exact) mass is 395 g/mol. The Bertz CT molecular complexity index is 882. The fourth-order valence-corrected chi connectivity index (χ4v) is 4.00. The number of piperazine rings is 2. The molecule has 152 valence electrons. The third kappa shape index (κ3) is 4.19. The van der Waals surface area contributed by atoms with Crippen LogP contribution < -0.4 is 10.1 Å². The summed E-state index contributed by atoms with van der Waals surface area (Å²) in [5.74, 6) is 0.857. The van der Waals surface area contributed by atoms with Crippen molar-refractivity contribution in [3.8, 4) is 11.5 Å².